The van der Waals surface area contributed by atoms with Crippen LogP contribution in [0.2, 0.25) is 0 Å². The minimum Gasteiger partial charge on any atom is -0.456 e. The molecule has 2 aliphatic rings. The molecular weight excluding hydrogens is 723 g/mol. The van der Waals surface area contributed by atoms with E-state index in [4.69, 9.17) is 24.4 Å². The predicted octanol–water partition coefficient (Wildman–Crippen LogP) is 12.5. The van der Waals surface area contributed by atoms with Crippen LogP contribution in [0.15, 0.2) is 192 Å². The van der Waals surface area contributed by atoms with Gasteiger partial charge >= 0.3 is 0 Å². The second-order valence-corrected chi connectivity index (χ2v) is 15.3. The summed E-state index contributed by atoms with van der Waals surface area (Å²) in [6, 6.07) is 65.9. The molecule has 59 heavy (non-hydrogen) atoms. The van der Waals surface area contributed by atoms with E-state index >= 15 is 0 Å². The minimum atomic E-state index is -0.581. The smallest absolute Gasteiger partial charge is 0.164 e. The lowest BCUT2D eigenvalue weighted by atomic mass is 9.72. The first-order valence-electron chi connectivity index (χ1n) is 19.9. The van der Waals surface area contributed by atoms with Gasteiger partial charge in [-0.05, 0) is 63.7 Å². The third kappa shape index (κ3) is 4.40. The molecule has 274 valence electrons. The Labute approximate surface area is 338 Å². The third-order valence-corrected chi connectivity index (χ3v) is 12.3. The second-order valence-electron chi connectivity index (χ2n) is 15.3. The summed E-state index contributed by atoms with van der Waals surface area (Å²) in [6.07, 6.45) is 0. The van der Waals surface area contributed by atoms with Crippen molar-refractivity contribution >= 4 is 33.0 Å². The van der Waals surface area contributed by atoms with Crippen LogP contribution in [0, 0.1) is 0 Å². The number of hydrogen-bond acceptors (Lipinski definition) is 5. The Balaban J connectivity index is 1.07. The highest BCUT2D eigenvalue weighted by Crippen LogP contribution is 2.61. The van der Waals surface area contributed by atoms with Crippen molar-refractivity contribution in [2.75, 3.05) is 0 Å². The zero-order chi connectivity index (χ0) is 38.7. The number of benzene rings is 8. The van der Waals surface area contributed by atoms with Crippen LogP contribution in [0.1, 0.15) is 22.5 Å². The largest absolute Gasteiger partial charge is 0.456 e. The van der Waals surface area contributed by atoms with Crippen LogP contribution in [0.4, 0.5) is 0 Å². The highest BCUT2D eigenvalue weighted by molar-refractivity contribution is 6.13. The van der Waals surface area contributed by atoms with E-state index in [0.717, 1.165) is 72.3 Å². The van der Waals surface area contributed by atoms with Crippen LogP contribution < -0.4 is 0 Å². The first kappa shape index (κ1) is 32.2. The van der Waals surface area contributed by atoms with Crippen molar-refractivity contribution in [2.45, 2.75) is 5.41 Å². The molecule has 0 amide bonds. The van der Waals surface area contributed by atoms with Gasteiger partial charge in [-0.3, -0.25) is 4.57 Å². The van der Waals surface area contributed by atoms with Gasteiger partial charge in [0.25, 0.3) is 0 Å². The van der Waals surface area contributed by atoms with Crippen LogP contribution >= 0.6 is 0 Å². The van der Waals surface area contributed by atoms with E-state index < -0.39 is 5.41 Å². The summed E-state index contributed by atoms with van der Waals surface area (Å²) in [4.78, 5) is 20.7. The lowest BCUT2D eigenvalue weighted by Gasteiger charge is -2.27. The molecule has 0 fully saturated rings. The van der Waals surface area contributed by atoms with Crippen molar-refractivity contribution < 1.29 is 4.42 Å². The predicted molar refractivity (Wildman–Crippen MR) is 234 cm³/mol. The van der Waals surface area contributed by atoms with Gasteiger partial charge in [-0.2, -0.15) is 0 Å². The normalized spacial score (nSPS) is 13.2. The molecule has 0 N–H and O–H groups in total. The van der Waals surface area contributed by atoms with Gasteiger partial charge in [0.1, 0.15) is 22.4 Å². The van der Waals surface area contributed by atoms with Gasteiger partial charge in [-0.15, -0.1) is 0 Å². The molecule has 6 heteroatoms. The molecule has 1 aliphatic carbocycles. The topological polar surface area (TPSA) is 69.6 Å². The van der Waals surface area contributed by atoms with Crippen LogP contribution in [0.25, 0.3) is 95.1 Å². The van der Waals surface area contributed by atoms with Crippen LogP contribution in [0.5, 0.6) is 0 Å². The van der Waals surface area contributed by atoms with Crippen molar-refractivity contribution in [3.63, 3.8) is 0 Å². The maximum Gasteiger partial charge on any atom is 0.164 e. The summed E-state index contributed by atoms with van der Waals surface area (Å²) < 4.78 is 9.02. The Morgan fingerprint density at radius 2 is 0.983 bits per heavy atom. The SMILES string of the molecule is c1ccc(-c2nc(-c3ccccc3)nc(-c3cccc4oc5ccc(-c6cccc7c6-n6c(nc8ccccc86)C76c7ccccc7-c7ccccc76)cc5c34)n2)cc1. The summed E-state index contributed by atoms with van der Waals surface area (Å²) in [5.41, 5.74) is 15.4. The summed E-state index contributed by atoms with van der Waals surface area (Å²) >= 11 is 0. The van der Waals surface area contributed by atoms with E-state index in [1.165, 1.54) is 27.8 Å². The second kappa shape index (κ2) is 12.0. The van der Waals surface area contributed by atoms with Gasteiger partial charge in [0.05, 0.1) is 16.7 Å². The number of nitrogens with zero attached hydrogens (tertiary/aromatic N) is 5. The zero-order valence-electron chi connectivity index (χ0n) is 31.5. The Kier molecular flexibility index (Phi) is 6.55. The molecule has 0 saturated heterocycles. The number of aromatic nitrogens is 5. The molecule has 11 aromatic rings. The molecule has 0 saturated carbocycles. The van der Waals surface area contributed by atoms with Gasteiger partial charge < -0.3 is 4.42 Å². The molecular formula is C53H31N5O. The van der Waals surface area contributed by atoms with Crippen molar-refractivity contribution in [2.24, 2.45) is 0 Å². The Bertz CT molecular complexity index is 3410. The third-order valence-electron chi connectivity index (χ3n) is 12.3. The summed E-state index contributed by atoms with van der Waals surface area (Å²) in [7, 11) is 0. The van der Waals surface area contributed by atoms with E-state index in [0.29, 0.717) is 17.5 Å². The molecule has 1 aliphatic heterocycles. The standard InChI is InChI=1S/C53H31N5O/c1-3-15-32(16-4-1)49-55-50(33-17-5-2-6-18-33)57-51(56-49)38-22-14-28-46-47(38)39-31-34(29-30-45(39)59-46)35-21-13-25-42-48(35)58-44-27-12-11-26-43(44)54-52(58)53(42)40-23-9-7-19-36(40)37-20-8-10-24-41(37)53/h1-31H. The zero-order valence-corrected chi connectivity index (χ0v) is 31.5. The summed E-state index contributed by atoms with van der Waals surface area (Å²) in [5, 5.41) is 1.96. The lowest BCUT2D eigenvalue weighted by Crippen LogP contribution is -2.27. The fraction of sp³-hybridized carbons (Fsp3) is 0.0189. The van der Waals surface area contributed by atoms with Crippen molar-refractivity contribution in [3.8, 4) is 62.1 Å². The quantitative estimate of drug-likeness (QED) is 0.179. The van der Waals surface area contributed by atoms with Crippen molar-refractivity contribution in [1.29, 1.82) is 0 Å². The molecule has 6 nitrogen and oxygen atoms in total. The summed E-state index contributed by atoms with van der Waals surface area (Å²) in [5.74, 6) is 2.85. The molecule has 0 radical (unpaired) electrons. The number of hydrogen-bond donors (Lipinski definition) is 0. The molecule has 0 unspecified atom stereocenters. The molecule has 0 bridgehead atoms. The van der Waals surface area contributed by atoms with Gasteiger partial charge in [-0.25, -0.2) is 19.9 Å². The maximum absolute atomic E-state index is 6.60. The first-order valence-corrected chi connectivity index (χ1v) is 19.9. The maximum atomic E-state index is 6.60. The lowest BCUT2D eigenvalue weighted by molar-refractivity contribution is 0.669. The average molecular weight is 754 g/mol. The highest BCUT2D eigenvalue weighted by atomic mass is 16.3. The van der Waals surface area contributed by atoms with E-state index in [9.17, 15) is 0 Å². The summed E-state index contributed by atoms with van der Waals surface area (Å²) in [6.45, 7) is 0. The van der Waals surface area contributed by atoms with Gasteiger partial charge in [0.15, 0.2) is 17.5 Å². The highest BCUT2D eigenvalue weighted by Gasteiger charge is 2.54. The minimum absolute atomic E-state index is 0.581. The Hall–Kier alpha value is -7.96. The number of imidazole rings is 1. The fourth-order valence-corrected chi connectivity index (χ4v) is 9.82. The van der Waals surface area contributed by atoms with Gasteiger partial charge in [-0.1, -0.05) is 158 Å². The molecule has 1 spiro atoms. The van der Waals surface area contributed by atoms with E-state index in [1.54, 1.807) is 0 Å². The van der Waals surface area contributed by atoms with E-state index in [-0.39, 0.29) is 0 Å². The number of para-hydroxylation sites is 3. The van der Waals surface area contributed by atoms with Crippen LogP contribution in [-0.4, -0.2) is 24.5 Å². The van der Waals surface area contributed by atoms with Crippen molar-refractivity contribution in [3.05, 3.63) is 211 Å². The Morgan fingerprint density at radius 1 is 0.407 bits per heavy atom. The fourth-order valence-electron chi connectivity index (χ4n) is 9.82. The number of rotatable bonds is 4. The van der Waals surface area contributed by atoms with Gasteiger partial charge in [0, 0.05) is 33.0 Å². The average Bonchev–Trinajstić information content (AvgIpc) is 4.04. The number of fused-ring (bicyclic) bond motifs is 15. The van der Waals surface area contributed by atoms with E-state index in [2.05, 4.69) is 120 Å². The molecule has 4 heterocycles. The molecule has 8 aromatic carbocycles. The van der Waals surface area contributed by atoms with Crippen LogP contribution in [-0.2, 0) is 5.41 Å². The molecule has 3 aromatic heterocycles. The van der Waals surface area contributed by atoms with E-state index in [1.807, 2.05) is 72.8 Å². The monoisotopic (exact) mass is 753 g/mol. The van der Waals surface area contributed by atoms with Crippen molar-refractivity contribution in [1.82, 2.24) is 24.5 Å². The van der Waals surface area contributed by atoms with Gasteiger partial charge in [0.2, 0.25) is 0 Å². The molecule has 0 atom stereocenters. The number of furan rings is 1. The Morgan fingerprint density at radius 3 is 1.71 bits per heavy atom. The molecule has 13 rings (SSSR count). The van der Waals surface area contributed by atoms with Crippen LogP contribution in [0.3, 0.4) is 0 Å². The first-order chi connectivity index (χ1) is 29.3.